The standard InChI is InChI=1S/C8H10N2S2/c1-2-6-4-3-5-7(10-6)12-8(9)11/h3-5H,2H2,1H3,(H2,9,11). The molecule has 0 spiro atoms. The van der Waals surface area contributed by atoms with Crippen molar-refractivity contribution >= 4 is 28.3 Å². The molecule has 0 aliphatic rings. The van der Waals surface area contributed by atoms with Crippen molar-refractivity contribution in [1.29, 1.82) is 0 Å². The van der Waals surface area contributed by atoms with Crippen LogP contribution in [0.15, 0.2) is 23.2 Å². The van der Waals surface area contributed by atoms with Gasteiger partial charge in [0.1, 0.15) is 9.35 Å². The van der Waals surface area contributed by atoms with Crippen LogP contribution in [0.1, 0.15) is 12.6 Å². The van der Waals surface area contributed by atoms with E-state index < -0.39 is 0 Å². The lowest BCUT2D eigenvalue weighted by molar-refractivity contribution is 0.974. The topological polar surface area (TPSA) is 38.9 Å². The van der Waals surface area contributed by atoms with Crippen LogP contribution in [0.5, 0.6) is 0 Å². The van der Waals surface area contributed by atoms with Gasteiger partial charge in [0, 0.05) is 5.69 Å². The zero-order chi connectivity index (χ0) is 8.97. The van der Waals surface area contributed by atoms with Gasteiger partial charge in [0.15, 0.2) is 0 Å². The molecular formula is C8H10N2S2. The summed E-state index contributed by atoms with van der Waals surface area (Å²) in [6.45, 7) is 2.07. The first-order valence-electron chi connectivity index (χ1n) is 3.65. The average Bonchev–Trinajstić information content (AvgIpc) is 2.03. The zero-order valence-electron chi connectivity index (χ0n) is 6.78. The monoisotopic (exact) mass is 198 g/mol. The van der Waals surface area contributed by atoms with E-state index in [4.69, 9.17) is 18.0 Å². The predicted molar refractivity (Wildman–Crippen MR) is 56.3 cm³/mol. The molecule has 0 saturated carbocycles. The molecule has 0 fully saturated rings. The lowest BCUT2D eigenvalue weighted by Crippen LogP contribution is -2.02. The van der Waals surface area contributed by atoms with Crippen molar-refractivity contribution in [2.75, 3.05) is 0 Å². The van der Waals surface area contributed by atoms with Crippen LogP contribution in [0, 0.1) is 0 Å². The smallest absolute Gasteiger partial charge is 0.137 e. The predicted octanol–water partition coefficient (Wildman–Crippen LogP) is 1.98. The molecule has 1 heterocycles. The van der Waals surface area contributed by atoms with Crippen molar-refractivity contribution in [3.63, 3.8) is 0 Å². The van der Waals surface area contributed by atoms with Gasteiger partial charge in [-0.25, -0.2) is 4.98 Å². The summed E-state index contributed by atoms with van der Waals surface area (Å²) in [6.07, 6.45) is 0.936. The molecule has 0 atom stereocenters. The van der Waals surface area contributed by atoms with Gasteiger partial charge in [-0.05, 0) is 30.3 Å². The molecule has 0 radical (unpaired) electrons. The molecule has 2 nitrogen and oxygen atoms in total. The van der Waals surface area contributed by atoms with Crippen LogP contribution in [-0.2, 0) is 6.42 Å². The van der Waals surface area contributed by atoms with Crippen molar-refractivity contribution in [3.05, 3.63) is 23.9 Å². The highest BCUT2D eigenvalue weighted by Crippen LogP contribution is 2.15. The molecular weight excluding hydrogens is 188 g/mol. The Morgan fingerprint density at radius 2 is 2.42 bits per heavy atom. The highest BCUT2D eigenvalue weighted by molar-refractivity contribution is 8.22. The molecule has 1 rings (SSSR count). The Bertz CT molecular complexity index is 286. The highest BCUT2D eigenvalue weighted by Gasteiger charge is 1.97. The van der Waals surface area contributed by atoms with Crippen LogP contribution in [-0.4, -0.2) is 9.30 Å². The molecule has 4 heteroatoms. The summed E-state index contributed by atoms with van der Waals surface area (Å²) in [5, 5.41) is 0.877. The summed E-state index contributed by atoms with van der Waals surface area (Å²) in [6, 6.07) is 5.86. The number of rotatable bonds is 2. The molecule has 0 aliphatic carbocycles. The van der Waals surface area contributed by atoms with E-state index in [2.05, 4.69) is 11.9 Å². The molecule has 12 heavy (non-hydrogen) atoms. The van der Waals surface area contributed by atoms with Crippen molar-refractivity contribution in [2.45, 2.75) is 18.4 Å². The van der Waals surface area contributed by atoms with Crippen LogP contribution < -0.4 is 5.73 Å². The molecule has 2 N–H and O–H groups in total. The summed E-state index contributed by atoms with van der Waals surface area (Å²) < 4.78 is 0.413. The van der Waals surface area contributed by atoms with Crippen LogP contribution in [0.4, 0.5) is 0 Å². The number of aromatic nitrogens is 1. The van der Waals surface area contributed by atoms with Gasteiger partial charge in [0.05, 0.1) is 0 Å². The summed E-state index contributed by atoms with van der Waals surface area (Å²) in [5.74, 6) is 0. The third kappa shape index (κ3) is 2.79. The largest absolute Gasteiger partial charge is 0.384 e. The molecule has 0 unspecified atom stereocenters. The fourth-order valence-electron chi connectivity index (χ4n) is 0.814. The molecule has 64 valence electrons. The van der Waals surface area contributed by atoms with Gasteiger partial charge in [-0.2, -0.15) is 0 Å². The molecule has 0 bridgehead atoms. The number of nitrogens with two attached hydrogens (primary N) is 1. The fraction of sp³-hybridized carbons (Fsp3) is 0.250. The summed E-state index contributed by atoms with van der Waals surface area (Å²) >= 11 is 6.08. The van der Waals surface area contributed by atoms with Crippen molar-refractivity contribution in [1.82, 2.24) is 4.98 Å². The SMILES string of the molecule is CCc1cccc(SC(N)=S)n1. The highest BCUT2D eigenvalue weighted by atomic mass is 32.2. The normalized spacial score (nSPS) is 9.75. The first-order valence-corrected chi connectivity index (χ1v) is 4.88. The van der Waals surface area contributed by atoms with E-state index in [-0.39, 0.29) is 0 Å². The summed E-state index contributed by atoms with van der Waals surface area (Å²) in [5.41, 5.74) is 6.44. The summed E-state index contributed by atoms with van der Waals surface area (Å²) in [4.78, 5) is 4.33. The number of hydrogen-bond donors (Lipinski definition) is 1. The van der Waals surface area contributed by atoms with E-state index in [1.165, 1.54) is 11.8 Å². The summed E-state index contributed by atoms with van der Waals surface area (Å²) in [7, 11) is 0. The lowest BCUT2D eigenvalue weighted by Gasteiger charge is -1.99. The maximum atomic E-state index is 5.37. The second-order valence-electron chi connectivity index (χ2n) is 2.24. The Morgan fingerprint density at radius 3 is 3.00 bits per heavy atom. The fourth-order valence-corrected chi connectivity index (χ4v) is 1.59. The second kappa shape index (κ2) is 4.42. The van der Waals surface area contributed by atoms with E-state index in [0.29, 0.717) is 4.32 Å². The Hall–Kier alpha value is -0.610. The van der Waals surface area contributed by atoms with E-state index in [1.54, 1.807) is 0 Å². The quantitative estimate of drug-likeness (QED) is 0.582. The number of thioether (sulfide) groups is 1. The molecule has 0 aliphatic heterocycles. The van der Waals surface area contributed by atoms with Gasteiger partial charge in [-0.15, -0.1) is 0 Å². The Balaban J connectivity index is 2.79. The lowest BCUT2D eigenvalue weighted by atomic mass is 10.3. The van der Waals surface area contributed by atoms with E-state index in [0.717, 1.165) is 17.1 Å². The Kier molecular flexibility index (Phi) is 3.49. The van der Waals surface area contributed by atoms with Crippen LogP contribution >= 0.6 is 24.0 Å². The van der Waals surface area contributed by atoms with Crippen molar-refractivity contribution in [2.24, 2.45) is 5.73 Å². The maximum absolute atomic E-state index is 5.37. The van der Waals surface area contributed by atoms with Gasteiger partial charge in [0.25, 0.3) is 0 Å². The van der Waals surface area contributed by atoms with E-state index >= 15 is 0 Å². The number of pyridine rings is 1. The van der Waals surface area contributed by atoms with E-state index in [1.807, 2.05) is 18.2 Å². The molecule has 1 aromatic heterocycles. The first kappa shape index (κ1) is 9.48. The third-order valence-electron chi connectivity index (χ3n) is 1.35. The zero-order valence-corrected chi connectivity index (χ0v) is 8.41. The van der Waals surface area contributed by atoms with Crippen molar-refractivity contribution in [3.8, 4) is 0 Å². The number of nitrogens with zero attached hydrogens (tertiary/aromatic N) is 1. The van der Waals surface area contributed by atoms with Crippen LogP contribution in [0.3, 0.4) is 0 Å². The maximum Gasteiger partial charge on any atom is 0.137 e. The number of aryl methyl sites for hydroxylation is 1. The number of hydrogen-bond acceptors (Lipinski definition) is 3. The molecule has 0 amide bonds. The molecule has 0 saturated heterocycles. The van der Waals surface area contributed by atoms with Gasteiger partial charge in [-0.3, -0.25) is 0 Å². The first-order chi connectivity index (χ1) is 5.72. The van der Waals surface area contributed by atoms with E-state index in [9.17, 15) is 0 Å². The second-order valence-corrected chi connectivity index (χ2v) is 4.00. The third-order valence-corrected chi connectivity index (χ3v) is 2.24. The van der Waals surface area contributed by atoms with Gasteiger partial charge >= 0.3 is 0 Å². The minimum atomic E-state index is 0.413. The van der Waals surface area contributed by atoms with Gasteiger partial charge in [0.2, 0.25) is 0 Å². The van der Waals surface area contributed by atoms with Gasteiger partial charge < -0.3 is 5.73 Å². The number of thiocarbonyl (C=S) groups is 1. The Morgan fingerprint density at radius 1 is 1.67 bits per heavy atom. The molecule has 1 aromatic rings. The Labute approximate surface area is 81.6 Å². The van der Waals surface area contributed by atoms with Crippen LogP contribution in [0.25, 0.3) is 0 Å². The van der Waals surface area contributed by atoms with Crippen LogP contribution in [0.2, 0.25) is 0 Å². The van der Waals surface area contributed by atoms with Gasteiger partial charge in [-0.1, -0.05) is 25.2 Å². The minimum absolute atomic E-state index is 0.413. The average molecular weight is 198 g/mol. The minimum Gasteiger partial charge on any atom is -0.384 e. The molecule has 0 aromatic carbocycles. The van der Waals surface area contributed by atoms with Crippen molar-refractivity contribution < 1.29 is 0 Å².